The third-order valence-corrected chi connectivity index (χ3v) is 2.01. The highest BCUT2D eigenvalue weighted by atomic mass is 16.3. The average molecular weight is 172 g/mol. The van der Waals surface area contributed by atoms with Gasteiger partial charge in [-0.1, -0.05) is 18.2 Å². The summed E-state index contributed by atoms with van der Waals surface area (Å²) in [6, 6.07) is 10.7. The molecular formula is C11H10NO. The van der Waals surface area contributed by atoms with E-state index >= 15 is 0 Å². The molecule has 1 heterocycles. The summed E-state index contributed by atoms with van der Waals surface area (Å²) < 4.78 is 0. The van der Waals surface area contributed by atoms with E-state index in [1.807, 2.05) is 24.3 Å². The lowest BCUT2D eigenvalue weighted by atomic mass is 10.1. The Balaban J connectivity index is 2.76. The highest BCUT2D eigenvalue weighted by Gasteiger charge is 2.06. The van der Waals surface area contributed by atoms with Crippen LogP contribution in [0.5, 0.6) is 0 Å². The Morgan fingerprint density at radius 3 is 3.08 bits per heavy atom. The summed E-state index contributed by atoms with van der Waals surface area (Å²) in [5.74, 6) is 0. The largest absolute Gasteiger partial charge is 0.387 e. The van der Waals surface area contributed by atoms with E-state index in [-0.39, 0.29) is 0 Å². The van der Waals surface area contributed by atoms with Gasteiger partial charge >= 0.3 is 0 Å². The highest BCUT2D eigenvalue weighted by Crippen LogP contribution is 2.20. The number of aromatic nitrogens is 1. The monoisotopic (exact) mass is 172 g/mol. The van der Waals surface area contributed by atoms with Crippen LogP contribution in [0.1, 0.15) is 18.7 Å². The summed E-state index contributed by atoms with van der Waals surface area (Å²) in [6.45, 7) is 1.72. The van der Waals surface area contributed by atoms with Crippen molar-refractivity contribution in [1.29, 1.82) is 0 Å². The van der Waals surface area contributed by atoms with Crippen LogP contribution in [0.15, 0.2) is 30.5 Å². The Morgan fingerprint density at radius 1 is 1.46 bits per heavy atom. The van der Waals surface area contributed by atoms with Crippen molar-refractivity contribution < 1.29 is 5.11 Å². The summed E-state index contributed by atoms with van der Waals surface area (Å²) in [5.41, 5.74) is 0.717. The van der Waals surface area contributed by atoms with E-state index in [2.05, 4.69) is 11.1 Å². The van der Waals surface area contributed by atoms with E-state index in [9.17, 15) is 5.11 Å². The molecule has 0 amide bonds. The van der Waals surface area contributed by atoms with Gasteiger partial charge in [-0.2, -0.15) is 0 Å². The topological polar surface area (TPSA) is 33.1 Å². The van der Waals surface area contributed by atoms with Gasteiger partial charge in [-0.05, 0) is 24.4 Å². The Hall–Kier alpha value is -1.41. The number of aliphatic hydroxyl groups excluding tert-OH is 1. The molecule has 1 radical (unpaired) electrons. The predicted molar refractivity (Wildman–Crippen MR) is 51.2 cm³/mol. The second kappa shape index (κ2) is 3.15. The molecule has 2 aromatic rings. The molecule has 0 aliphatic carbocycles. The molecule has 1 N–H and O–H groups in total. The zero-order valence-electron chi connectivity index (χ0n) is 7.36. The minimum atomic E-state index is -0.528. The van der Waals surface area contributed by atoms with Crippen molar-refractivity contribution in [3.63, 3.8) is 0 Å². The first-order valence-electron chi connectivity index (χ1n) is 4.22. The molecule has 1 atom stereocenters. The van der Waals surface area contributed by atoms with E-state index in [1.165, 1.54) is 0 Å². The van der Waals surface area contributed by atoms with Crippen molar-refractivity contribution in [2.75, 3.05) is 0 Å². The number of aliphatic hydroxyl groups is 1. The lowest BCUT2D eigenvalue weighted by Gasteiger charge is -2.06. The Morgan fingerprint density at radius 2 is 2.31 bits per heavy atom. The van der Waals surface area contributed by atoms with Crippen molar-refractivity contribution >= 4 is 10.8 Å². The van der Waals surface area contributed by atoms with Gasteiger partial charge in [0.2, 0.25) is 0 Å². The molecule has 0 bridgehead atoms. The molecule has 0 fully saturated rings. The van der Waals surface area contributed by atoms with Crippen LogP contribution < -0.4 is 0 Å². The predicted octanol–water partition coefficient (Wildman–Crippen LogP) is 2.09. The van der Waals surface area contributed by atoms with Gasteiger partial charge < -0.3 is 5.11 Å². The van der Waals surface area contributed by atoms with Crippen molar-refractivity contribution in [3.8, 4) is 0 Å². The van der Waals surface area contributed by atoms with Crippen LogP contribution >= 0.6 is 0 Å². The van der Waals surface area contributed by atoms with Crippen LogP contribution in [0.2, 0.25) is 0 Å². The van der Waals surface area contributed by atoms with E-state index in [0.717, 1.165) is 10.8 Å². The lowest BCUT2D eigenvalue weighted by Crippen LogP contribution is -1.95. The molecule has 0 spiro atoms. The molecular weight excluding hydrogens is 162 g/mol. The first kappa shape index (κ1) is 8.20. The van der Waals surface area contributed by atoms with Gasteiger partial charge in [-0.15, -0.1) is 0 Å². The summed E-state index contributed by atoms with van der Waals surface area (Å²) in [7, 11) is 0. The fourth-order valence-electron chi connectivity index (χ4n) is 1.41. The molecule has 1 unspecified atom stereocenters. The first-order valence-corrected chi connectivity index (χ1v) is 4.22. The van der Waals surface area contributed by atoms with E-state index in [1.54, 1.807) is 13.1 Å². The standard InChI is InChI=1S/C11H10NO/c1-8(13)11-10-5-3-2-4-9(10)6-7-12-11/h2-3,5-8,13H,1H3. The molecule has 0 aliphatic rings. The second-order valence-corrected chi connectivity index (χ2v) is 3.00. The van der Waals surface area contributed by atoms with Gasteiger partial charge in [0, 0.05) is 11.6 Å². The number of fused-ring (bicyclic) bond motifs is 1. The molecule has 1 aromatic carbocycles. The molecule has 0 saturated carbocycles. The second-order valence-electron chi connectivity index (χ2n) is 3.00. The Bertz CT molecular complexity index is 418. The van der Waals surface area contributed by atoms with Gasteiger partial charge in [0.1, 0.15) is 0 Å². The number of rotatable bonds is 1. The maximum Gasteiger partial charge on any atom is 0.0938 e. The maximum atomic E-state index is 9.45. The van der Waals surface area contributed by atoms with Crippen molar-refractivity contribution in [3.05, 3.63) is 42.2 Å². The molecule has 2 heteroatoms. The molecule has 2 nitrogen and oxygen atoms in total. The molecule has 0 saturated heterocycles. The molecule has 13 heavy (non-hydrogen) atoms. The van der Waals surface area contributed by atoms with Crippen molar-refractivity contribution in [2.24, 2.45) is 0 Å². The zero-order valence-corrected chi connectivity index (χ0v) is 7.36. The minimum absolute atomic E-state index is 0.528. The quantitative estimate of drug-likeness (QED) is 0.714. The van der Waals surface area contributed by atoms with Crippen molar-refractivity contribution in [1.82, 2.24) is 4.98 Å². The average Bonchev–Trinajstić information content (AvgIpc) is 2.17. The van der Waals surface area contributed by atoms with Gasteiger partial charge in [0.05, 0.1) is 11.8 Å². The fraction of sp³-hybridized carbons (Fsp3) is 0.182. The summed E-state index contributed by atoms with van der Waals surface area (Å²) >= 11 is 0. The van der Waals surface area contributed by atoms with Crippen LogP contribution in [0.3, 0.4) is 0 Å². The van der Waals surface area contributed by atoms with Crippen LogP contribution in [0.25, 0.3) is 10.8 Å². The number of nitrogens with zero attached hydrogens (tertiary/aromatic N) is 1. The highest BCUT2D eigenvalue weighted by molar-refractivity contribution is 5.83. The Labute approximate surface area is 76.9 Å². The summed E-state index contributed by atoms with van der Waals surface area (Å²) in [4.78, 5) is 4.14. The van der Waals surface area contributed by atoms with Crippen LogP contribution in [0, 0.1) is 6.07 Å². The number of pyridine rings is 1. The van der Waals surface area contributed by atoms with E-state index in [4.69, 9.17) is 0 Å². The maximum absolute atomic E-state index is 9.45. The van der Waals surface area contributed by atoms with E-state index in [0.29, 0.717) is 5.69 Å². The number of benzene rings is 1. The third-order valence-electron chi connectivity index (χ3n) is 2.01. The normalized spacial score (nSPS) is 13.1. The van der Waals surface area contributed by atoms with Crippen LogP contribution in [0.4, 0.5) is 0 Å². The summed E-state index contributed by atoms with van der Waals surface area (Å²) in [6.07, 6.45) is 1.17. The molecule has 1 aromatic heterocycles. The van der Waals surface area contributed by atoms with Crippen molar-refractivity contribution in [2.45, 2.75) is 13.0 Å². The number of hydrogen-bond acceptors (Lipinski definition) is 2. The van der Waals surface area contributed by atoms with Crippen LogP contribution in [-0.4, -0.2) is 10.1 Å². The minimum Gasteiger partial charge on any atom is -0.387 e. The molecule has 65 valence electrons. The SMILES string of the molecule is CC(O)c1nccc2[c]cccc12. The molecule has 0 aliphatic heterocycles. The zero-order chi connectivity index (χ0) is 9.26. The number of hydrogen-bond donors (Lipinski definition) is 1. The fourth-order valence-corrected chi connectivity index (χ4v) is 1.41. The van der Waals surface area contributed by atoms with Crippen LogP contribution in [-0.2, 0) is 0 Å². The summed E-state index contributed by atoms with van der Waals surface area (Å²) in [5, 5.41) is 11.4. The third kappa shape index (κ3) is 1.40. The van der Waals surface area contributed by atoms with Gasteiger partial charge in [0.15, 0.2) is 0 Å². The first-order chi connectivity index (χ1) is 6.29. The molecule has 2 rings (SSSR count). The lowest BCUT2D eigenvalue weighted by molar-refractivity contribution is 0.196. The van der Waals surface area contributed by atoms with Gasteiger partial charge in [-0.25, -0.2) is 0 Å². The Kier molecular flexibility index (Phi) is 1.99. The van der Waals surface area contributed by atoms with Gasteiger partial charge in [-0.3, -0.25) is 4.98 Å². The van der Waals surface area contributed by atoms with Gasteiger partial charge in [0.25, 0.3) is 0 Å². The van der Waals surface area contributed by atoms with E-state index < -0.39 is 6.10 Å². The smallest absolute Gasteiger partial charge is 0.0938 e.